The molecule has 5 nitrogen and oxygen atoms in total. The molecule has 156 valence electrons. The summed E-state index contributed by atoms with van der Waals surface area (Å²) in [6.45, 7) is 1.87. The van der Waals surface area contributed by atoms with E-state index in [0.29, 0.717) is 25.6 Å². The number of ether oxygens (including phenoxy) is 2. The third-order valence-corrected chi connectivity index (χ3v) is 6.95. The lowest BCUT2D eigenvalue weighted by atomic mass is 9.84. The van der Waals surface area contributed by atoms with Crippen molar-refractivity contribution in [3.05, 3.63) is 34.7 Å². The van der Waals surface area contributed by atoms with E-state index in [9.17, 15) is 4.79 Å². The minimum absolute atomic E-state index is 0.133. The monoisotopic (exact) mass is 414 g/mol. The summed E-state index contributed by atoms with van der Waals surface area (Å²) in [5.41, 5.74) is 1.87. The van der Waals surface area contributed by atoms with Crippen LogP contribution in [0.4, 0.5) is 0 Å². The van der Waals surface area contributed by atoms with Crippen molar-refractivity contribution in [3.63, 3.8) is 0 Å². The number of hydrogen-bond acceptors (Lipinski definition) is 5. The molecule has 2 aromatic rings. The van der Waals surface area contributed by atoms with Crippen molar-refractivity contribution in [3.8, 4) is 17.0 Å². The standard InChI is InChI=1S/C19H22N2O3S.C4H8/c1-23-16-8-3-2-7-14(16)15-12-25-18(20-15)17-11-21(9-10-24-17)19(22)13-5-4-6-13;1-2-4-3-1/h2-3,7-8,12-13,17H,4-6,9-11H2,1H3;1-4H2. The summed E-state index contributed by atoms with van der Waals surface area (Å²) in [7, 11) is 1.67. The van der Waals surface area contributed by atoms with E-state index in [1.165, 1.54) is 32.1 Å². The second-order valence-electron chi connectivity index (χ2n) is 7.96. The molecule has 1 aromatic carbocycles. The Morgan fingerprint density at radius 3 is 2.59 bits per heavy atom. The number of methoxy groups -OCH3 is 1. The molecule has 1 saturated heterocycles. The van der Waals surface area contributed by atoms with Gasteiger partial charge in [-0.3, -0.25) is 4.79 Å². The van der Waals surface area contributed by atoms with Gasteiger partial charge in [0.15, 0.2) is 0 Å². The van der Waals surface area contributed by atoms with E-state index >= 15 is 0 Å². The Kier molecular flexibility index (Phi) is 6.82. The molecule has 0 bridgehead atoms. The third-order valence-electron chi connectivity index (χ3n) is 6.01. The SMILES string of the molecule is C1CCC1.COc1ccccc1-c1csc(C2CN(C(=O)C3CCC3)CCO2)n1. The van der Waals surface area contributed by atoms with Crippen molar-refractivity contribution in [1.29, 1.82) is 0 Å². The molecule has 3 fully saturated rings. The number of carbonyl (C=O) groups is 1. The maximum Gasteiger partial charge on any atom is 0.225 e. The van der Waals surface area contributed by atoms with E-state index in [-0.39, 0.29) is 12.0 Å². The molecule has 1 unspecified atom stereocenters. The molecule has 2 heterocycles. The smallest absolute Gasteiger partial charge is 0.225 e. The summed E-state index contributed by atoms with van der Waals surface area (Å²) in [6.07, 6.45) is 9.12. The molecule has 1 atom stereocenters. The van der Waals surface area contributed by atoms with E-state index in [1.54, 1.807) is 18.4 Å². The van der Waals surface area contributed by atoms with Crippen molar-refractivity contribution < 1.29 is 14.3 Å². The molecule has 1 aromatic heterocycles. The van der Waals surface area contributed by atoms with Crippen LogP contribution in [0, 0.1) is 5.92 Å². The Morgan fingerprint density at radius 1 is 1.17 bits per heavy atom. The van der Waals surface area contributed by atoms with E-state index in [0.717, 1.165) is 34.9 Å². The van der Waals surface area contributed by atoms with Gasteiger partial charge in [0.05, 0.1) is 26.0 Å². The van der Waals surface area contributed by atoms with Gasteiger partial charge in [0.1, 0.15) is 16.9 Å². The Bertz CT molecular complexity index is 810. The minimum atomic E-state index is -0.133. The van der Waals surface area contributed by atoms with E-state index in [1.807, 2.05) is 34.5 Å². The number of hydrogen-bond donors (Lipinski definition) is 0. The molecular formula is C23H30N2O3S. The molecule has 1 aliphatic heterocycles. The summed E-state index contributed by atoms with van der Waals surface area (Å²) in [6, 6.07) is 7.87. The van der Waals surface area contributed by atoms with Crippen LogP contribution >= 0.6 is 11.3 Å². The van der Waals surface area contributed by atoms with Gasteiger partial charge in [-0.25, -0.2) is 4.98 Å². The van der Waals surface area contributed by atoms with Gasteiger partial charge < -0.3 is 14.4 Å². The van der Waals surface area contributed by atoms with Crippen LogP contribution in [-0.2, 0) is 9.53 Å². The fourth-order valence-electron chi connectivity index (χ4n) is 3.58. The molecule has 1 amide bonds. The van der Waals surface area contributed by atoms with Crippen molar-refractivity contribution in [2.24, 2.45) is 5.92 Å². The minimum Gasteiger partial charge on any atom is -0.496 e. The fraction of sp³-hybridized carbons (Fsp3) is 0.565. The van der Waals surface area contributed by atoms with E-state index < -0.39 is 0 Å². The van der Waals surface area contributed by atoms with Crippen LogP contribution < -0.4 is 4.74 Å². The Morgan fingerprint density at radius 2 is 1.93 bits per heavy atom. The predicted molar refractivity (Wildman–Crippen MR) is 115 cm³/mol. The summed E-state index contributed by atoms with van der Waals surface area (Å²) in [5.74, 6) is 1.34. The van der Waals surface area contributed by atoms with Crippen molar-refractivity contribution in [1.82, 2.24) is 9.88 Å². The number of aromatic nitrogens is 1. The average Bonchev–Trinajstić information content (AvgIpc) is 3.15. The van der Waals surface area contributed by atoms with Gasteiger partial charge in [-0.15, -0.1) is 11.3 Å². The highest BCUT2D eigenvalue weighted by atomic mass is 32.1. The molecule has 29 heavy (non-hydrogen) atoms. The first kappa shape index (κ1) is 20.4. The highest BCUT2D eigenvalue weighted by Gasteiger charge is 2.33. The Hall–Kier alpha value is -1.92. The van der Waals surface area contributed by atoms with Crippen LogP contribution in [0.3, 0.4) is 0 Å². The lowest BCUT2D eigenvalue weighted by molar-refractivity contribution is -0.146. The van der Waals surface area contributed by atoms with Gasteiger partial charge in [0, 0.05) is 23.4 Å². The summed E-state index contributed by atoms with van der Waals surface area (Å²) < 4.78 is 11.3. The number of carbonyl (C=O) groups excluding carboxylic acids is 1. The van der Waals surface area contributed by atoms with Crippen LogP contribution in [0.5, 0.6) is 5.75 Å². The summed E-state index contributed by atoms with van der Waals surface area (Å²) in [5, 5.41) is 2.95. The second kappa shape index (κ2) is 9.72. The van der Waals surface area contributed by atoms with Gasteiger partial charge in [0.2, 0.25) is 5.91 Å². The number of nitrogens with zero attached hydrogens (tertiary/aromatic N) is 2. The van der Waals surface area contributed by atoms with Crippen molar-refractivity contribution in [2.45, 2.75) is 51.0 Å². The molecular weight excluding hydrogens is 384 g/mol. The van der Waals surface area contributed by atoms with Crippen LogP contribution in [0.25, 0.3) is 11.3 Å². The third kappa shape index (κ3) is 4.81. The lowest BCUT2D eigenvalue weighted by Crippen LogP contribution is -2.46. The average molecular weight is 415 g/mol. The van der Waals surface area contributed by atoms with Crippen molar-refractivity contribution in [2.75, 3.05) is 26.8 Å². The molecule has 0 spiro atoms. The van der Waals surface area contributed by atoms with Gasteiger partial charge in [-0.1, -0.05) is 44.2 Å². The first-order valence-electron chi connectivity index (χ1n) is 10.8. The highest BCUT2D eigenvalue weighted by Crippen LogP contribution is 2.35. The molecule has 6 heteroatoms. The zero-order valence-electron chi connectivity index (χ0n) is 17.1. The number of morpholine rings is 1. The van der Waals surface area contributed by atoms with Crippen LogP contribution in [0.2, 0.25) is 0 Å². The summed E-state index contributed by atoms with van der Waals surface area (Å²) in [4.78, 5) is 19.2. The number of rotatable bonds is 4. The maximum atomic E-state index is 12.5. The number of para-hydroxylation sites is 1. The Labute approximate surface area is 177 Å². The second-order valence-corrected chi connectivity index (χ2v) is 8.85. The quantitative estimate of drug-likeness (QED) is 0.700. The maximum absolute atomic E-state index is 12.5. The number of amides is 1. The van der Waals surface area contributed by atoms with E-state index in [2.05, 4.69) is 0 Å². The predicted octanol–water partition coefficient (Wildman–Crippen LogP) is 5.08. The number of thiazole rings is 1. The molecule has 5 rings (SSSR count). The molecule has 2 aliphatic carbocycles. The summed E-state index contributed by atoms with van der Waals surface area (Å²) >= 11 is 1.58. The van der Waals surface area contributed by atoms with Crippen LogP contribution in [0.1, 0.15) is 56.1 Å². The van der Waals surface area contributed by atoms with E-state index in [4.69, 9.17) is 14.5 Å². The molecule has 0 radical (unpaired) electrons. The normalized spacial score (nSPS) is 21.4. The fourth-order valence-corrected chi connectivity index (χ4v) is 4.44. The molecule has 3 aliphatic rings. The molecule has 0 N–H and O–H groups in total. The van der Waals surface area contributed by atoms with Gasteiger partial charge in [-0.2, -0.15) is 0 Å². The first-order valence-corrected chi connectivity index (χ1v) is 11.6. The Balaban J connectivity index is 0.000000458. The first-order chi connectivity index (χ1) is 14.3. The van der Waals surface area contributed by atoms with Crippen LogP contribution in [-0.4, -0.2) is 42.6 Å². The zero-order valence-corrected chi connectivity index (χ0v) is 18.0. The topological polar surface area (TPSA) is 51.7 Å². The van der Waals surface area contributed by atoms with Gasteiger partial charge >= 0.3 is 0 Å². The van der Waals surface area contributed by atoms with Gasteiger partial charge in [-0.05, 0) is 25.0 Å². The zero-order chi connectivity index (χ0) is 20.1. The van der Waals surface area contributed by atoms with Gasteiger partial charge in [0.25, 0.3) is 0 Å². The molecule has 2 saturated carbocycles. The van der Waals surface area contributed by atoms with Crippen LogP contribution in [0.15, 0.2) is 29.6 Å². The number of benzene rings is 1. The lowest BCUT2D eigenvalue weighted by Gasteiger charge is -2.36. The highest BCUT2D eigenvalue weighted by molar-refractivity contribution is 7.10. The van der Waals surface area contributed by atoms with Crippen molar-refractivity contribution >= 4 is 17.2 Å². The largest absolute Gasteiger partial charge is 0.496 e.